The summed E-state index contributed by atoms with van der Waals surface area (Å²) < 4.78 is 5.78. The molecule has 0 radical (unpaired) electrons. The second-order valence-corrected chi connectivity index (χ2v) is 4.29. The average molecular weight is 169 g/mol. The summed E-state index contributed by atoms with van der Waals surface area (Å²) in [6.45, 7) is 4.12. The first-order chi connectivity index (χ1) is 5.65. The highest BCUT2D eigenvalue weighted by Gasteiger charge is 2.49. The van der Waals surface area contributed by atoms with Gasteiger partial charge in [0.1, 0.15) is 6.04 Å². The van der Waals surface area contributed by atoms with Crippen LogP contribution in [0.15, 0.2) is 5.18 Å². The molecule has 3 aliphatic rings. The molecule has 0 amide bonds. The zero-order valence-corrected chi connectivity index (χ0v) is 7.62. The third kappa shape index (κ3) is 0.993. The molecule has 0 spiro atoms. The second-order valence-electron chi connectivity index (χ2n) is 4.29. The maximum absolute atomic E-state index is 10.5. The Kier molecular flexibility index (Phi) is 1.72. The van der Waals surface area contributed by atoms with Crippen molar-refractivity contribution >= 4 is 0 Å². The van der Waals surface area contributed by atoms with E-state index in [4.69, 9.17) is 4.74 Å². The Morgan fingerprint density at radius 2 is 2.33 bits per heavy atom. The number of nitroso groups, excluding NO2 is 1. The van der Waals surface area contributed by atoms with E-state index in [9.17, 15) is 4.91 Å². The summed E-state index contributed by atoms with van der Waals surface area (Å²) in [6.07, 6.45) is 3.45. The van der Waals surface area contributed by atoms with Crippen LogP contribution in [0.4, 0.5) is 0 Å². The lowest BCUT2D eigenvalue weighted by atomic mass is 9.71. The molecule has 1 saturated carbocycles. The van der Waals surface area contributed by atoms with Gasteiger partial charge in [-0.3, -0.25) is 0 Å². The molecule has 3 heteroatoms. The van der Waals surface area contributed by atoms with Crippen molar-refractivity contribution in [2.24, 2.45) is 11.1 Å². The summed E-state index contributed by atoms with van der Waals surface area (Å²) in [5.74, 6) is 0.564. The number of nitrogens with zero attached hydrogens (tertiary/aromatic N) is 1. The van der Waals surface area contributed by atoms with Gasteiger partial charge in [-0.25, -0.2) is 0 Å². The molecule has 4 unspecified atom stereocenters. The van der Waals surface area contributed by atoms with Crippen LogP contribution in [-0.4, -0.2) is 17.7 Å². The molecule has 2 saturated heterocycles. The predicted octanol–water partition coefficient (Wildman–Crippen LogP) is 2.10. The first-order valence-electron chi connectivity index (χ1n) is 4.66. The minimum absolute atomic E-state index is 0.104. The van der Waals surface area contributed by atoms with E-state index in [1.807, 2.05) is 6.92 Å². The molecule has 3 nitrogen and oxygen atoms in total. The van der Waals surface area contributed by atoms with Gasteiger partial charge in [0.2, 0.25) is 0 Å². The van der Waals surface area contributed by atoms with E-state index in [0.29, 0.717) is 12.0 Å². The highest BCUT2D eigenvalue weighted by Crippen LogP contribution is 2.45. The van der Waals surface area contributed by atoms with Gasteiger partial charge >= 0.3 is 0 Å². The fourth-order valence-corrected chi connectivity index (χ4v) is 2.53. The van der Waals surface area contributed by atoms with E-state index in [1.165, 1.54) is 6.42 Å². The Morgan fingerprint density at radius 3 is 2.83 bits per heavy atom. The fraction of sp³-hybridized carbons (Fsp3) is 1.00. The molecule has 0 N–H and O–H groups in total. The zero-order chi connectivity index (χ0) is 8.77. The van der Waals surface area contributed by atoms with Crippen LogP contribution in [0.1, 0.15) is 33.1 Å². The van der Waals surface area contributed by atoms with Crippen molar-refractivity contribution in [1.82, 2.24) is 0 Å². The van der Waals surface area contributed by atoms with Crippen molar-refractivity contribution in [3.63, 3.8) is 0 Å². The largest absolute Gasteiger partial charge is 0.370 e. The number of fused-ring (bicyclic) bond motifs is 3. The molecule has 4 atom stereocenters. The van der Waals surface area contributed by atoms with Gasteiger partial charge in [0.05, 0.1) is 11.7 Å². The maximum atomic E-state index is 10.5. The first kappa shape index (κ1) is 8.17. The SMILES string of the molecule is CC1OC2(C)CCC1CC2N=O. The van der Waals surface area contributed by atoms with E-state index in [0.717, 1.165) is 12.8 Å². The van der Waals surface area contributed by atoms with Crippen molar-refractivity contribution in [3.8, 4) is 0 Å². The van der Waals surface area contributed by atoms with Crippen LogP contribution in [0.3, 0.4) is 0 Å². The summed E-state index contributed by atoms with van der Waals surface area (Å²) >= 11 is 0. The van der Waals surface area contributed by atoms with E-state index < -0.39 is 0 Å². The summed E-state index contributed by atoms with van der Waals surface area (Å²) in [7, 11) is 0. The molecular weight excluding hydrogens is 154 g/mol. The summed E-state index contributed by atoms with van der Waals surface area (Å²) in [5, 5.41) is 3.16. The summed E-state index contributed by atoms with van der Waals surface area (Å²) in [4.78, 5) is 10.5. The third-order valence-corrected chi connectivity index (χ3v) is 3.49. The average Bonchev–Trinajstić information content (AvgIpc) is 2.03. The molecule has 2 bridgehead atoms. The van der Waals surface area contributed by atoms with Gasteiger partial charge in [-0.2, -0.15) is 4.91 Å². The highest BCUT2D eigenvalue weighted by atomic mass is 16.5. The van der Waals surface area contributed by atoms with Crippen molar-refractivity contribution in [3.05, 3.63) is 4.91 Å². The van der Waals surface area contributed by atoms with E-state index >= 15 is 0 Å². The van der Waals surface area contributed by atoms with Crippen LogP contribution < -0.4 is 0 Å². The summed E-state index contributed by atoms with van der Waals surface area (Å²) in [6, 6.07) is -0.104. The summed E-state index contributed by atoms with van der Waals surface area (Å²) in [5.41, 5.74) is -0.254. The van der Waals surface area contributed by atoms with E-state index in [-0.39, 0.29) is 11.6 Å². The maximum Gasteiger partial charge on any atom is 0.121 e. The normalized spacial score (nSPS) is 52.3. The lowest BCUT2D eigenvalue weighted by Gasteiger charge is -2.50. The van der Waals surface area contributed by atoms with Crippen LogP contribution >= 0.6 is 0 Å². The van der Waals surface area contributed by atoms with Crippen LogP contribution in [-0.2, 0) is 4.74 Å². The Labute approximate surface area is 72.5 Å². The smallest absolute Gasteiger partial charge is 0.121 e. The van der Waals surface area contributed by atoms with Crippen molar-refractivity contribution < 1.29 is 4.74 Å². The molecule has 68 valence electrons. The first-order valence-corrected chi connectivity index (χ1v) is 4.66. The molecule has 0 aromatic heterocycles. The van der Waals surface area contributed by atoms with Crippen LogP contribution in [0.2, 0.25) is 0 Å². The second kappa shape index (κ2) is 2.52. The molecule has 0 aromatic rings. The predicted molar refractivity (Wildman–Crippen MR) is 45.9 cm³/mol. The molecule has 3 fully saturated rings. The highest BCUT2D eigenvalue weighted by molar-refractivity contribution is 5.01. The fourth-order valence-electron chi connectivity index (χ4n) is 2.53. The number of rotatable bonds is 1. The lowest BCUT2D eigenvalue weighted by Crippen LogP contribution is -2.55. The zero-order valence-electron chi connectivity index (χ0n) is 7.62. The van der Waals surface area contributed by atoms with Gasteiger partial charge in [0.15, 0.2) is 0 Å². The lowest BCUT2D eigenvalue weighted by molar-refractivity contribution is -0.186. The van der Waals surface area contributed by atoms with Crippen molar-refractivity contribution in [2.45, 2.75) is 50.9 Å². The molecule has 2 aliphatic heterocycles. The Bertz CT molecular complexity index is 207. The topological polar surface area (TPSA) is 38.7 Å². The van der Waals surface area contributed by atoms with E-state index in [2.05, 4.69) is 12.1 Å². The Balaban J connectivity index is 2.21. The van der Waals surface area contributed by atoms with Crippen molar-refractivity contribution in [2.75, 3.05) is 0 Å². The van der Waals surface area contributed by atoms with Crippen molar-refractivity contribution in [1.29, 1.82) is 0 Å². The van der Waals surface area contributed by atoms with Crippen LogP contribution in [0, 0.1) is 10.8 Å². The molecule has 2 heterocycles. The minimum atomic E-state index is -0.254. The number of ether oxygens (including phenoxy) is 1. The van der Waals surface area contributed by atoms with Crippen LogP contribution in [0.5, 0.6) is 0 Å². The monoisotopic (exact) mass is 169 g/mol. The van der Waals surface area contributed by atoms with Gasteiger partial charge in [0, 0.05) is 0 Å². The number of hydrogen-bond donors (Lipinski definition) is 0. The molecular formula is C9H15NO2. The van der Waals surface area contributed by atoms with E-state index in [1.54, 1.807) is 0 Å². The van der Waals surface area contributed by atoms with Gasteiger partial charge in [0.25, 0.3) is 0 Å². The Hall–Kier alpha value is -0.440. The molecule has 1 aliphatic carbocycles. The molecule has 0 aromatic carbocycles. The quantitative estimate of drug-likeness (QED) is 0.564. The standard InChI is InChI=1S/C9H15NO2/c1-6-7-3-4-9(2,12-6)8(5-7)10-11/h6-8H,3-5H2,1-2H3. The third-order valence-electron chi connectivity index (χ3n) is 3.49. The van der Waals surface area contributed by atoms with Gasteiger partial charge in [-0.05, 0) is 39.0 Å². The minimum Gasteiger partial charge on any atom is -0.370 e. The van der Waals surface area contributed by atoms with Gasteiger partial charge in [-0.15, -0.1) is 0 Å². The Morgan fingerprint density at radius 1 is 1.58 bits per heavy atom. The molecule has 12 heavy (non-hydrogen) atoms. The van der Waals surface area contributed by atoms with Gasteiger partial charge in [-0.1, -0.05) is 5.18 Å². The van der Waals surface area contributed by atoms with Crippen LogP contribution in [0.25, 0.3) is 0 Å². The van der Waals surface area contributed by atoms with Gasteiger partial charge < -0.3 is 4.74 Å². The molecule has 3 rings (SSSR count). The number of hydrogen-bond acceptors (Lipinski definition) is 3.